The average Bonchev–Trinajstić information content (AvgIpc) is 2.39. The fourth-order valence-electron chi connectivity index (χ4n) is 1.70. The first kappa shape index (κ1) is 13.5. The van der Waals surface area contributed by atoms with Crippen LogP contribution in [0.15, 0.2) is 48.7 Å². The minimum Gasteiger partial charge on any atom is -0.307 e. The molecule has 0 aliphatic rings. The van der Waals surface area contributed by atoms with E-state index in [1.807, 2.05) is 18.2 Å². The van der Waals surface area contributed by atoms with Crippen LogP contribution in [0.3, 0.4) is 0 Å². The van der Waals surface area contributed by atoms with E-state index in [2.05, 4.69) is 10.3 Å². The zero-order valence-electron chi connectivity index (χ0n) is 10.1. The summed E-state index contributed by atoms with van der Waals surface area (Å²) in [5.41, 5.74) is 0.838. The molecular weight excluding hydrogens is 253 g/mol. The molecule has 0 saturated carbocycles. The van der Waals surface area contributed by atoms with Crippen molar-refractivity contribution in [2.75, 3.05) is 0 Å². The van der Waals surface area contributed by atoms with Crippen molar-refractivity contribution < 1.29 is 13.2 Å². The van der Waals surface area contributed by atoms with Crippen molar-refractivity contribution in [2.24, 2.45) is 0 Å². The van der Waals surface area contributed by atoms with Gasteiger partial charge in [-0.2, -0.15) is 13.2 Å². The van der Waals surface area contributed by atoms with E-state index in [4.69, 9.17) is 0 Å². The average molecular weight is 266 g/mol. The maximum atomic E-state index is 12.5. The summed E-state index contributed by atoms with van der Waals surface area (Å²) in [7, 11) is 0. The van der Waals surface area contributed by atoms with Crippen LogP contribution in [-0.2, 0) is 19.3 Å². The summed E-state index contributed by atoms with van der Waals surface area (Å²) in [4.78, 5) is 4.12. The molecule has 0 saturated heterocycles. The van der Waals surface area contributed by atoms with E-state index >= 15 is 0 Å². The molecule has 0 spiro atoms. The van der Waals surface area contributed by atoms with Crippen molar-refractivity contribution in [3.63, 3.8) is 0 Å². The first-order chi connectivity index (χ1) is 9.05. The monoisotopic (exact) mass is 266 g/mol. The Kier molecular flexibility index (Phi) is 4.16. The maximum absolute atomic E-state index is 12.5. The minimum atomic E-state index is -4.29. The number of pyridine rings is 1. The molecule has 1 aromatic heterocycles. The SMILES string of the molecule is FC(F)(F)c1cccc(CNCc2ccccn2)c1. The second kappa shape index (κ2) is 5.84. The molecule has 0 fully saturated rings. The summed E-state index contributed by atoms with van der Waals surface area (Å²) in [6, 6.07) is 10.9. The van der Waals surface area contributed by atoms with Gasteiger partial charge in [0.25, 0.3) is 0 Å². The summed E-state index contributed by atoms with van der Waals surface area (Å²) in [6.07, 6.45) is -2.61. The van der Waals surface area contributed by atoms with Gasteiger partial charge in [-0.05, 0) is 23.8 Å². The van der Waals surface area contributed by atoms with Crippen LogP contribution in [0, 0.1) is 0 Å². The van der Waals surface area contributed by atoms with Gasteiger partial charge >= 0.3 is 6.18 Å². The summed E-state index contributed by atoms with van der Waals surface area (Å²) < 4.78 is 37.6. The molecule has 0 unspecified atom stereocenters. The lowest BCUT2D eigenvalue weighted by molar-refractivity contribution is -0.137. The highest BCUT2D eigenvalue weighted by Gasteiger charge is 2.30. The Morgan fingerprint density at radius 2 is 1.84 bits per heavy atom. The van der Waals surface area contributed by atoms with E-state index < -0.39 is 11.7 Å². The molecule has 0 amide bonds. The number of hydrogen-bond acceptors (Lipinski definition) is 2. The number of benzene rings is 1. The third kappa shape index (κ3) is 4.06. The Balaban J connectivity index is 1.93. The summed E-state index contributed by atoms with van der Waals surface area (Å²) in [5.74, 6) is 0. The molecule has 0 atom stereocenters. The predicted molar refractivity (Wildman–Crippen MR) is 66.2 cm³/mol. The van der Waals surface area contributed by atoms with Crippen LogP contribution < -0.4 is 5.32 Å². The fourth-order valence-corrected chi connectivity index (χ4v) is 1.70. The zero-order chi connectivity index (χ0) is 13.7. The smallest absolute Gasteiger partial charge is 0.307 e. The predicted octanol–water partition coefficient (Wildman–Crippen LogP) is 3.39. The van der Waals surface area contributed by atoms with E-state index in [-0.39, 0.29) is 0 Å². The normalized spacial score (nSPS) is 11.5. The molecule has 1 heterocycles. The molecule has 0 radical (unpaired) electrons. The lowest BCUT2D eigenvalue weighted by Crippen LogP contribution is -2.14. The van der Waals surface area contributed by atoms with Crippen molar-refractivity contribution in [2.45, 2.75) is 19.3 Å². The molecule has 2 aromatic rings. The molecule has 2 nitrogen and oxygen atoms in total. The van der Waals surface area contributed by atoms with Crippen molar-refractivity contribution >= 4 is 0 Å². The van der Waals surface area contributed by atoms with Crippen LogP contribution in [0.25, 0.3) is 0 Å². The molecule has 0 aliphatic carbocycles. The topological polar surface area (TPSA) is 24.9 Å². The van der Waals surface area contributed by atoms with Crippen molar-refractivity contribution in [3.05, 3.63) is 65.5 Å². The number of halogens is 3. The van der Waals surface area contributed by atoms with Crippen molar-refractivity contribution in [1.29, 1.82) is 0 Å². The van der Waals surface area contributed by atoms with Crippen LogP contribution in [-0.4, -0.2) is 4.98 Å². The molecule has 1 aromatic carbocycles. The Labute approximate surface area is 109 Å². The Hall–Kier alpha value is -1.88. The highest BCUT2D eigenvalue weighted by Crippen LogP contribution is 2.29. The number of hydrogen-bond donors (Lipinski definition) is 1. The third-order valence-electron chi connectivity index (χ3n) is 2.62. The van der Waals surface area contributed by atoms with Crippen LogP contribution in [0.1, 0.15) is 16.8 Å². The summed E-state index contributed by atoms with van der Waals surface area (Å²) in [5, 5.41) is 3.07. The summed E-state index contributed by atoms with van der Waals surface area (Å²) >= 11 is 0. The van der Waals surface area contributed by atoms with Gasteiger partial charge in [0.05, 0.1) is 11.3 Å². The third-order valence-corrected chi connectivity index (χ3v) is 2.62. The highest BCUT2D eigenvalue weighted by atomic mass is 19.4. The number of rotatable bonds is 4. The number of aromatic nitrogens is 1. The van der Waals surface area contributed by atoms with E-state index in [0.717, 1.165) is 17.8 Å². The quantitative estimate of drug-likeness (QED) is 0.917. The fraction of sp³-hybridized carbons (Fsp3) is 0.214. The van der Waals surface area contributed by atoms with Gasteiger partial charge in [0.15, 0.2) is 0 Å². The van der Waals surface area contributed by atoms with Crippen LogP contribution in [0.4, 0.5) is 13.2 Å². The van der Waals surface area contributed by atoms with Gasteiger partial charge in [-0.25, -0.2) is 0 Å². The highest BCUT2D eigenvalue weighted by molar-refractivity contribution is 5.25. The van der Waals surface area contributed by atoms with Crippen LogP contribution in [0.5, 0.6) is 0 Å². The molecule has 0 bridgehead atoms. The van der Waals surface area contributed by atoms with E-state index in [1.165, 1.54) is 6.07 Å². The second-order valence-electron chi connectivity index (χ2n) is 4.12. The molecule has 0 aliphatic heterocycles. The van der Waals surface area contributed by atoms with Gasteiger partial charge < -0.3 is 5.32 Å². The van der Waals surface area contributed by atoms with Gasteiger partial charge in [0, 0.05) is 19.3 Å². The minimum absolute atomic E-state index is 0.375. The molecule has 1 N–H and O–H groups in total. The molecular formula is C14H13F3N2. The summed E-state index contributed by atoms with van der Waals surface area (Å²) in [6.45, 7) is 0.900. The van der Waals surface area contributed by atoms with Crippen LogP contribution in [0.2, 0.25) is 0 Å². The van der Waals surface area contributed by atoms with E-state index in [9.17, 15) is 13.2 Å². The van der Waals surface area contributed by atoms with Crippen LogP contribution >= 0.6 is 0 Å². The second-order valence-corrected chi connectivity index (χ2v) is 4.12. The first-order valence-corrected chi connectivity index (χ1v) is 5.82. The maximum Gasteiger partial charge on any atom is 0.416 e. The number of nitrogens with zero attached hydrogens (tertiary/aromatic N) is 1. The lowest BCUT2D eigenvalue weighted by Gasteiger charge is -2.09. The van der Waals surface area contributed by atoms with Gasteiger partial charge in [-0.1, -0.05) is 24.3 Å². The van der Waals surface area contributed by atoms with Crippen molar-refractivity contribution in [3.8, 4) is 0 Å². The molecule has 19 heavy (non-hydrogen) atoms. The standard InChI is InChI=1S/C14H13F3N2/c15-14(16,17)12-5-3-4-11(8-12)9-18-10-13-6-1-2-7-19-13/h1-8,18H,9-10H2. The Morgan fingerprint density at radius 1 is 1.00 bits per heavy atom. The van der Waals surface area contributed by atoms with Crippen molar-refractivity contribution in [1.82, 2.24) is 10.3 Å². The number of alkyl halides is 3. The number of nitrogens with one attached hydrogen (secondary N) is 1. The zero-order valence-corrected chi connectivity index (χ0v) is 10.1. The molecule has 5 heteroatoms. The Morgan fingerprint density at radius 3 is 2.53 bits per heavy atom. The Bertz CT molecular complexity index is 524. The van der Waals surface area contributed by atoms with E-state index in [0.29, 0.717) is 18.7 Å². The van der Waals surface area contributed by atoms with E-state index in [1.54, 1.807) is 12.3 Å². The molecule has 2 rings (SSSR count). The lowest BCUT2D eigenvalue weighted by atomic mass is 10.1. The van der Waals surface area contributed by atoms with Gasteiger partial charge in [-0.15, -0.1) is 0 Å². The van der Waals surface area contributed by atoms with Gasteiger partial charge in [0.2, 0.25) is 0 Å². The first-order valence-electron chi connectivity index (χ1n) is 5.82. The largest absolute Gasteiger partial charge is 0.416 e. The van der Waals surface area contributed by atoms with Gasteiger partial charge in [-0.3, -0.25) is 4.98 Å². The molecule has 100 valence electrons. The van der Waals surface area contributed by atoms with Gasteiger partial charge in [0.1, 0.15) is 0 Å².